The SMILES string of the molecule is CCCC[C@@H](CC)C(=O)N[C@H](C)c1cnn(C)c1. The van der Waals surface area contributed by atoms with Gasteiger partial charge in [0, 0.05) is 24.7 Å². The summed E-state index contributed by atoms with van der Waals surface area (Å²) < 4.78 is 1.76. The van der Waals surface area contributed by atoms with Gasteiger partial charge >= 0.3 is 0 Å². The Labute approximate surface area is 110 Å². The van der Waals surface area contributed by atoms with E-state index in [1.165, 1.54) is 0 Å². The summed E-state index contributed by atoms with van der Waals surface area (Å²) in [6.07, 6.45) is 7.90. The Balaban J connectivity index is 2.52. The molecular formula is C14H25N3O. The maximum absolute atomic E-state index is 12.1. The molecule has 0 spiro atoms. The van der Waals surface area contributed by atoms with Gasteiger partial charge in [0.15, 0.2) is 0 Å². The Morgan fingerprint density at radius 3 is 2.72 bits per heavy atom. The van der Waals surface area contributed by atoms with Gasteiger partial charge in [-0.15, -0.1) is 0 Å². The third-order valence-electron chi connectivity index (χ3n) is 3.35. The minimum absolute atomic E-state index is 0.0295. The van der Waals surface area contributed by atoms with Gasteiger partial charge in [-0.1, -0.05) is 26.7 Å². The quantitative estimate of drug-likeness (QED) is 0.810. The zero-order valence-corrected chi connectivity index (χ0v) is 11.9. The molecule has 0 bridgehead atoms. The van der Waals surface area contributed by atoms with Crippen molar-refractivity contribution >= 4 is 5.91 Å². The smallest absolute Gasteiger partial charge is 0.223 e. The van der Waals surface area contributed by atoms with E-state index in [1.54, 1.807) is 10.9 Å². The van der Waals surface area contributed by atoms with Gasteiger partial charge in [0.25, 0.3) is 0 Å². The lowest BCUT2D eigenvalue weighted by atomic mass is 9.98. The van der Waals surface area contributed by atoms with Crippen LogP contribution in [-0.4, -0.2) is 15.7 Å². The number of nitrogens with one attached hydrogen (secondary N) is 1. The summed E-state index contributed by atoms with van der Waals surface area (Å²) in [7, 11) is 1.88. The summed E-state index contributed by atoms with van der Waals surface area (Å²) >= 11 is 0. The summed E-state index contributed by atoms with van der Waals surface area (Å²) in [5.41, 5.74) is 1.05. The van der Waals surface area contributed by atoms with E-state index in [0.717, 1.165) is 31.2 Å². The summed E-state index contributed by atoms with van der Waals surface area (Å²) in [4.78, 5) is 12.1. The molecule has 1 aromatic rings. The predicted molar refractivity (Wildman–Crippen MR) is 73.1 cm³/mol. The lowest BCUT2D eigenvalue weighted by Gasteiger charge is -2.18. The Hall–Kier alpha value is -1.32. The first-order valence-electron chi connectivity index (χ1n) is 6.87. The predicted octanol–water partition coefficient (Wildman–Crippen LogP) is 2.81. The Kier molecular flexibility index (Phi) is 5.89. The Morgan fingerprint density at radius 2 is 2.22 bits per heavy atom. The highest BCUT2D eigenvalue weighted by molar-refractivity contribution is 5.78. The number of aryl methyl sites for hydroxylation is 1. The van der Waals surface area contributed by atoms with Crippen LogP contribution in [0.3, 0.4) is 0 Å². The molecule has 0 saturated carbocycles. The molecule has 1 rings (SSSR count). The highest BCUT2D eigenvalue weighted by atomic mass is 16.1. The molecule has 0 unspecified atom stereocenters. The van der Waals surface area contributed by atoms with E-state index in [4.69, 9.17) is 0 Å². The van der Waals surface area contributed by atoms with Crippen molar-refractivity contribution in [3.05, 3.63) is 18.0 Å². The van der Waals surface area contributed by atoms with Crippen LogP contribution in [0, 0.1) is 5.92 Å². The molecule has 2 atom stereocenters. The normalized spacial score (nSPS) is 14.2. The molecule has 18 heavy (non-hydrogen) atoms. The van der Waals surface area contributed by atoms with Crippen LogP contribution in [0.5, 0.6) is 0 Å². The second kappa shape index (κ2) is 7.19. The maximum atomic E-state index is 12.1. The fourth-order valence-corrected chi connectivity index (χ4v) is 2.05. The third-order valence-corrected chi connectivity index (χ3v) is 3.35. The number of unbranched alkanes of at least 4 members (excludes halogenated alkanes) is 1. The molecule has 4 nitrogen and oxygen atoms in total. The van der Waals surface area contributed by atoms with E-state index in [-0.39, 0.29) is 17.9 Å². The van der Waals surface area contributed by atoms with E-state index < -0.39 is 0 Å². The molecule has 0 radical (unpaired) electrons. The number of nitrogens with zero attached hydrogens (tertiary/aromatic N) is 2. The monoisotopic (exact) mass is 251 g/mol. The molecule has 102 valence electrons. The number of carbonyl (C=O) groups excluding carboxylic acids is 1. The highest BCUT2D eigenvalue weighted by Crippen LogP contribution is 2.16. The van der Waals surface area contributed by atoms with E-state index in [2.05, 4.69) is 24.3 Å². The van der Waals surface area contributed by atoms with Gasteiger partial charge in [-0.2, -0.15) is 5.10 Å². The molecule has 0 saturated heterocycles. The summed E-state index contributed by atoms with van der Waals surface area (Å²) in [5.74, 6) is 0.311. The zero-order chi connectivity index (χ0) is 13.5. The molecule has 1 heterocycles. The average Bonchev–Trinajstić information content (AvgIpc) is 2.77. The third kappa shape index (κ3) is 4.17. The van der Waals surface area contributed by atoms with Crippen LogP contribution in [0.1, 0.15) is 58.1 Å². The van der Waals surface area contributed by atoms with Crippen LogP contribution in [0.2, 0.25) is 0 Å². The average molecular weight is 251 g/mol. The van der Waals surface area contributed by atoms with Crippen molar-refractivity contribution in [2.24, 2.45) is 13.0 Å². The lowest BCUT2D eigenvalue weighted by Crippen LogP contribution is -2.32. The van der Waals surface area contributed by atoms with E-state index in [1.807, 2.05) is 20.2 Å². The molecule has 1 N–H and O–H groups in total. The first kappa shape index (κ1) is 14.7. The van der Waals surface area contributed by atoms with Gasteiger partial charge in [-0.05, 0) is 19.8 Å². The molecule has 0 aliphatic carbocycles. The second-order valence-electron chi connectivity index (χ2n) is 4.93. The van der Waals surface area contributed by atoms with Crippen LogP contribution in [-0.2, 0) is 11.8 Å². The summed E-state index contributed by atoms with van der Waals surface area (Å²) in [6.45, 7) is 6.24. The molecule has 0 aliphatic heterocycles. The highest BCUT2D eigenvalue weighted by Gasteiger charge is 2.18. The largest absolute Gasteiger partial charge is 0.349 e. The molecule has 4 heteroatoms. The molecule has 1 amide bonds. The van der Waals surface area contributed by atoms with Gasteiger partial charge in [0.05, 0.1) is 12.2 Å². The van der Waals surface area contributed by atoms with Crippen molar-refractivity contribution in [1.82, 2.24) is 15.1 Å². The number of hydrogen-bond donors (Lipinski definition) is 1. The molecule has 0 aromatic carbocycles. The van der Waals surface area contributed by atoms with E-state index in [9.17, 15) is 4.79 Å². The fraction of sp³-hybridized carbons (Fsp3) is 0.714. The summed E-state index contributed by atoms with van der Waals surface area (Å²) in [5, 5.41) is 7.20. The van der Waals surface area contributed by atoms with Crippen molar-refractivity contribution in [3.8, 4) is 0 Å². The van der Waals surface area contributed by atoms with Gasteiger partial charge in [0.1, 0.15) is 0 Å². The number of aromatic nitrogens is 2. The zero-order valence-electron chi connectivity index (χ0n) is 11.9. The van der Waals surface area contributed by atoms with Crippen LogP contribution >= 0.6 is 0 Å². The first-order valence-corrected chi connectivity index (χ1v) is 6.87. The van der Waals surface area contributed by atoms with Crippen molar-refractivity contribution in [2.45, 2.75) is 52.5 Å². The Bertz CT molecular complexity index is 373. The van der Waals surface area contributed by atoms with Crippen LogP contribution < -0.4 is 5.32 Å². The van der Waals surface area contributed by atoms with E-state index >= 15 is 0 Å². The van der Waals surface area contributed by atoms with Crippen molar-refractivity contribution in [3.63, 3.8) is 0 Å². The van der Waals surface area contributed by atoms with Gasteiger partial charge < -0.3 is 5.32 Å². The van der Waals surface area contributed by atoms with Gasteiger partial charge in [0.2, 0.25) is 5.91 Å². The minimum Gasteiger partial charge on any atom is -0.349 e. The minimum atomic E-state index is 0.0295. The van der Waals surface area contributed by atoms with Crippen LogP contribution in [0.25, 0.3) is 0 Å². The number of amides is 1. The van der Waals surface area contributed by atoms with Gasteiger partial charge in [-0.25, -0.2) is 0 Å². The topological polar surface area (TPSA) is 46.9 Å². The van der Waals surface area contributed by atoms with Crippen molar-refractivity contribution in [1.29, 1.82) is 0 Å². The van der Waals surface area contributed by atoms with Crippen molar-refractivity contribution in [2.75, 3.05) is 0 Å². The summed E-state index contributed by atoms with van der Waals surface area (Å²) in [6, 6.07) is 0.0295. The lowest BCUT2D eigenvalue weighted by molar-refractivity contribution is -0.126. The number of hydrogen-bond acceptors (Lipinski definition) is 2. The number of carbonyl (C=O) groups is 1. The number of rotatable bonds is 7. The standard InChI is InChI=1S/C14H25N3O/c1-5-7-8-12(6-2)14(18)16-11(3)13-9-15-17(4)10-13/h9-12H,5-8H2,1-4H3,(H,16,18)/t11-,12-/m1/s1. The van der Waals surface area contributed by atoms with E-state index in [0.29, 0.717) is 0 Å². The molecular weight excluding hydrogens is 226 g/mol. The molecule has 0 aliphatic rings. The molecule has 1 aromatic heterocycles. The fourth-order valence-electron chi connectivity index (χ4n) is 2.05. The van der Waals surface area contributed by atoms with Crippen LogP contribution in [0.4, 0.5) is 0 Å². The molecule has 0 fully saturated rings. The van der Waals surface area contributed by atoms with Gasteiger partial charge in [-0.3, -0.25) is 9.48 Å². The maximum Gasteiger partial charge on any atom is 0.223 e. The van der Waals surface area contributed by atoms with Crippen molar-refractivity contribution < 1.29 is 4.79 Å². The van der Waals surface area contributed by atoms with Crippen LogP contribution in [0.15, 0.2) is 12.4 Å². The Morgan fingerprint density at radius 1 is 1.50 bits per heavy atom. The first-order chi connectivity index (χ1) is 8.58. The second-order valence-corrected chi connectivity index (χ2v) is 4.93.